The summed E-state index contributed by atoms with van der Waals surface area (Å²) in [6, 6.07) is 0.790. The summed E-state index contributed by atoms with van der Waals surface area (Å²) in [7, 11) is 0. The van der Waals surface area contributed by atoms with E-state index in [1.54, 1.807) is 0 Å². The van der Waals surface area contributed by atoms with Gasteiger partial charge in [0.2, 0.25) is 0 Å². The van der Waals surface area contributed by atoms with E-state index in [9.17, 15) is 0 Å². The Hall–Kier alpha value is -0.340. The highest BCUT2D eigenvalue weighted by Crippen LogP contribution is 2.25. The van der Waals surface area contributed by atoms with Gasteiger partial charge < -0.3 is 5.32 Å². The lowest BCUT2D eigenvalue weighted by Crippen LogP contribution is -2.44. The van der Waals surface area contributed by atoms with Gasteiger partial charge in [0.05, 0.1) is 0 Å². The summed E-state index contributed by atoms with van der Waals surface area (Å²) >= 11 is 0. The van der Waals surface area contributed by atoms with E-state index in [-0.39, 0.29) is 0 Å². The highest BCUT2D eigenvalue weighted by Gasteiger charge is 2.21. The summed E-state index contributed by atoms with van der Waals surface area (Å²) in [5.41, 5.74) is 1.44. The van der Waals surface area contributed by atoms with Crippen LogP contribution in [-0.2, 0) is 0 Å². The lowest BCUT2D eigenvalue weighted by molar-refractivity contribution is 0.201. The minimum Gasteiger partial charge on any atom is -0.314 e. The van der Waals surface area contributed by atoms with Crippen molar-refractivity contribution in [3.63, 3.8) is 0 Å². The molecule has 2 aliphatic rings. The molecule has 98 valence electrons. The lowest BCUT2D eigenvalue weighted by atomic mass is 9.85. The molecule has 1 aliphatic carbocycles. The van der Waals surface area contributed by atoms with Crippen LogP contribution < -0.4 is 5.32 Å². The summed E-state index contributed by atoms with van der Waals surface area (Å²) < 4.78 is 0. The maximum absolute atomic E-state index is 3.77. The molecular formula is C15H28N2. The van der Waals surface area contributed by atoms with E-state index in [1.165, 1.54) is 57.3 Å². The highest BCUT2D eigenvalue weighted by atomic mass is 15.1. The quantitative estimate of drug-likeness (QED) is 0.738. The predicted octanol–water partition coefficient (Wildman–Crippen LogP) is 2.81. The Balaban J connectivity index is 1.58. The molecule has 0 aromatic heterocycles. The van der Waals surface area contributed by atoms with Gasteiger partial charge in [-0.3, -0.25) is 4.90 Å². The second kappa shape index (κ2) is 6.55. The second-order valence-electron chi connectivity index (χ2n) is 6.06. The molecule has 0 unspecified atom stereocenters. The Kier molecular flexibility index (Phi) is 5.05. The van der Waals surface area contributed by atoms with Crippen LogP contribution in [0.2, 0.25) is 0 Å². The second-order valence-corrected chi connectivity index (χ2v) is 6.06. The summed E-state index contributed by atoms with van der Waals surface area (Å²) in [4.78, 5) is 2.58. The van der Waals surface area contributed by atoms with Gasteiger partial charge in [0.25, 0.3) is 0 Å². The number of nitrogens with one attached hydrogen (secondary N) is 1. The lowest BCUT2D eigenvalue weighted by Gasteiger charge is -2.34. The van der Waals surface area contributed by atoms with Crippen LogP contribution in [-0.4, -0.2) is 37.1 Å². The zero-order valence-electron chi connectivity index (χ0n) is 11.5. The van der Waals surface area contributed by atoms with Gasteiger partial charge in [-0.25, -0.2) is 0 Å². The minimum absolute atomic E-state index is 0.790. The van der Waals surface area contributed by atoms with E-state index >= 15 is 0 Å². The van der Waals surface area contributed by atoms with Crippen molar-refractivity contribution in [1.29, 1.82) is 0 Å². The molecule has 0 aromatic carbocycles. The fourth-order valence-corrected chi connectivity index (χ4v) is 2.66. The number of hydrogen-bond acceptors (Lipinski definition) is 2. The fraction of sp³-hybridized carbons (Fsp3) is 0.867. The summed E-state index contributed by atoms with van der Waals surface area (Å²) in [6.07, 6.45) is 9.42. The molecule has 0 bridgehead atoms. The number of hydrogen-bond donors (Lipinski definition) is 1. The van der Waals surface area contributed by atoms with Gasteiger partial charge in [0.1, 0.15) is 0 Å². The molecule has 1 N–H and O–H groups in total. The summed E-state index contributed by atoms with van der Waals surface area (Å²) in [5, 5.41) is 3.77. The van der Waals surface area contributed by atoms with Crippen LogP contribution in [0.1, 0.15) is 46.0 Å². The molecule has 2 nitrogen and oxygen atoms in total. The monoisotopic (exact) mass is 236 g/mol. The highest BCUT2D eigenvalue weighted by molar-refractivity contribution is 4.95. The molecule has 1 aliphatic heterocycles. The first kappa shape index (κ1) is 13.1. The van der Waals surface area contributed by atoms with Gasteiger partial charge >= 0.3 is 0 Å². The van der Waals surface area contributed by atoms with E-state index in [2.05, 4.69) is 30.1 Å². The zero-order chi connectivity index (χ0) is 12.1. The Morgan fingerprint density at radius 2 is 1.88 bits per heavy atom. The fourth-order valence-electron chi connectivity index (χ4n) is 2.66. The first-order valence-electron chi connectivity index (χ1n) is 7.33. The number of rotatable bonds is 5. The molecule has 2 fully saturated rings. The molecule has 1 heterocycles. The van der Waals surface area contributed by atoms with Gasteiger partial charge in [0, 0.05) is 12.6 Å². The number of likely N-dealkylation sites (tertiary alicyclic amines) is 1. The Bertz CT molecular complexity index is 244. The molecule has 17 heavy (non-hydrogen) atoms. The molecule has 0 spiro atoms. The van der Waals surface area contributed by atoms with Crippen molar-refractivity contribution in [1.82, 2.24) is 10.2 Å². The molecule has 2 heteroatoms. The van der Waals surface area contributed by atoms with Crippen LogP contribution in [0, 0.1) is 5.92 Å². The van der Waals surface area contributed by atoms with E-state index in [0.717, 1.165) is 18.5 Å². The molecule has 0 amide bonds. The standard InChI is InChI=1S/C15H28N2/c1-13(2)6-9-17-10-7-15(8-11-17)16-12-14-4-3-5-14/h6,14-16H,3-5,7-12H2,1-2H3. The van der Waals surface area contributed by atoms with Crippen molar-refractivity contribution in [2.75, 3.05) is 26.2 Å². The van der Waals surface area contributed by atoms with Gasteiger partial charge in [-0.1, -0.05) is 18.1 Å². The zero-order valence-corrected chi connectivity index (χ0v) is 11.5. The van der Waals surface area contributed by atoms with Crippen LogP contribution in [0.3, 0.4) is 0 Å². The van der Waals surface area contributed by atoms with Crippen molar-refractivity contribution < 1.29 is 0 Å². The number of allylic oxidation sites excluding steroid dienone is 1. The molecule has 0 aromatic rings. The third-order valence-electron chi connectivity index (χ3n) is 4.27. The predicted molar refractivity (Wildman–Crippen MR) is 74.2 cm³/mol. The average Bonchev–Trinajstić information content (AvgIpc) is 2.26. The van der Waals surface area contributed by atoms with E-state index < -0.39 is 0 Å². The Morgan fingerprint density at radius 3 is 2.41 bits per heavy atom. The maximum Gasteiger partial charge on any atom is 0.0165 e. The Morgan fingerprint density at radius 1 is 1.18 bits per heavy atom. The van der Waals surface area contributed by atoms with Gasteiger partial charge in [-0.2, -0.15) is 0 Å². The first-order chi connectivity index (χ1) is 8.24. The molecule has 2 rings (SSSR count). The molecule has 0 radical (unpaired) electrons. The van der Waals surface area contributed by atoms with Gasteiger partial charge in [0.15, 0.2) is 0 Å². The first-order valence-corrected chi connectivity index (χ1v) is 7.33. The topological polar surface area (TPSA) is 15.3 Å². The van der Waals surface area contributed by atoms with Crippen LogP contribution in [0.5, 0.6) is 0 Å². The van der Waals surface area contributed by atoms with Crippen molar-refractivity contribution in [2.45, 2.75) is 52.0 Å². The number of piperidine rings is 1. The molecule has 1 saturated heterocycles. The summed E-state index contributed by atoms with van der Waals surface area (Å²) in [6.45, 7) is 9.34. The smallest absolute Gasteiger partial charge is 0.0165 e. The van der Waals surface area contributed by atoms with Gasteiger partial charge in [-0.05, 0) is 65.1 Å². The van der Waals surface area contributed by atoms with Crippen LogP contribution in [0.4, 0.5) is 0 Å². The average molecular weight is 236 g/mol. The third-order valence-corrected chi connectivity index (χ3v) is 4.27. The van der Waals surface area contributed by atoms with Crippen LogP contribution in [0.15, 0.2) is 11.6 Å². The van der Waals surface area contributed by atoms with E-state index in [4.69, 9.17) is 0 Å². The van der Waals surface area contributed by atoms with E-state index in [0.29, 0.717) is 0 Å². The normalized spacial score (nSPS) is 23.4. The minimum atomic E-state index is 0.790. The van der Waals surface area contributed by atoms with Crippen molar-refractivity contribution >= 4 is 0 Å². The van der Waals surface area contributed by atoms with Crippen LogP contribution in [0.25, 0.3) is 0 Å². The van der Waals surface area contributed by atoms with Gasteiger partial charge in [-0.15, -0.1) is 0 Å². The van der Waals surface area contributed by atoms with Crippen LogP contribution >= 0.6 is 0 Å². The summed E-state index contributed by atoms with van der Waals surface area (Å²) in [5.74, 6) is 0.999. The third kappa shape index (κ3) is 4.44. The largest absolute Gasteiger partial charge is 0.314 e. The van der Waals surface area contributed by atoms with Crippen molar-refractivity contribution in [3.05, 3.63) is 11.6 Å². The SMILES string of the molecule is CC(C)=CCN1CCC(NCC2CCC2)CC1. The molecular weight excluding hydrogens is 208 g/mol. The van der Waals surface area contributed by atoms with Crippen molar-refractivity contribution in [2.24, 2.45) is 5.92 Å². The molecule has 1 saturated carbocycles. The molecule has 0 atom stereocenters. The number of nitrogens with zero attached hydrogens (tertiary/aromatic N) is 1. The van der Waals surface area contributed by atoms with Crippen molar-refractivity contribution in [3.8, 4) is 0 Å². The van der Waals surface area contributed by atoms with E-state index in [1.807, 2.05) is 0 Å². The Labute approximate surface area is 106 Å². The maximum atomic E-state index is 3.77.